The van der Waals surface area contributed by atoms with Crippen molar-refractivity contribution in [2.24, 2.45) is 0 Å². The van der Waals surface area contributed by atoms with Crippen LogP contribution in [-0.4, -0.2) is 36.7 Å². The SMILES string of the molecule is CCCCNC(=O)COC(=O)/C=C/c1cc2c(cc1[N+](=O)[O-])OCO2. The third kappa shape index (κ3) is 5.20. The number of nitrogens with one attached hydrogen (secondary N) is 1. The lowest BCUT2D eigenvalue weighted by molar-refractivity contribution is -0.385. The van der Waals surface area contributed by atoms with Gasteiger partial charge in [-0.1, -0.05) is 13.3 Å². The predicted octanol–water partition coefficient (Wildman–Crippen LogP) is 1.80. The Morgan fingerprint density at radius 2 is 2.08 bits per heavy atom. The van der Waals surface area contributed by atoms with Gasteiger partial charge in [-0.2, -0.15) is 0 Å². The number of carbonyl (C=O) groups excluding carboxylic acids is 2. The maximum absolute atomic E-state index is 11.7. The number of ether oxygens (including phenoxy) is 3. The molecule has 1 heterocycles. The van der Waals surface area contributed by atoms with Crippen LogP contribution in [0.2, 0.25) is 0 Å². The molecule has 0 aliphatic carbocycles. The van der Waals surface area contributed by atoms with Crippen LogP contribution in [-0.2, 0) is 14.3 Å². The smallest absolute Gasteiger partial charge is 0.331 e. The van der Waals surface area contributed by atoms with Gasteiger partial charge in [-0.3, -0.25) is 14.9 Å². The average Bonchev–Trinajstić information content (AvgIpc) is 3.04. The molecule has 25 heavy (non-hydrogen) atoms. The topological polar surface area (TPSA) is 117 Å². The average molecular weight is 350 g/mol. The number of amides is 1. The molecule has 0 radical (unpaired) electrons. The van der Waals surface area contributed by atoms with E-state index in [0.29, 0.717) is 12.3 Å². The van der Waals surface area contributed by atoms with Gasteiger partial charge in [-0.15, -0.1) is 0 Å². The summed E-state index contributed by atoms with van der Waals surface area (Å²) in [5.74, 6) is -0.550. The molecule has 0 saturated carbocycles. The highest BCUT2D eigenvalue weighted by molar-refractivity contribution is 5.90. The molecule has 0 unspecified atom stereocenters. The molecule has 134 valence electrons. The van der Waals surface area contributed by atoms with Crippen molar-refractivity contribution in [3.05, 3.63) is 33.9 Å². The van der Waals surface area contributed by atoms with Gasteiger partial charge in [-0.05, 0) is 18.6 Å². The van der Waals surface area contributed by atoms with Crippen LogP contribution in [0.3, 0.4) is 0 Å². The van der Waals surface area contributed by atoms with Crippen molar-refractivity contribution >= 4 is 23.6 Å². The summed E-state index contributed by atoms with van der Waals surface area (Å²) in [5.41, 5.74) is -0.0656. The molecular weight excluding hydrogens is 332 g/mol. The van der Waals surface area contributed by atoms with Crippen molar-refractivity contribution in [1.29, 1.82) is 0 Å². The highest BCUT2D eigenvalue weighted by Gasteiger charge is 2.22. The second kappa shape index (κ2) is 8.67. The van der Waals surface area contributed by atoms with Crippen LogP contribution in [0, 0.1) is 10.1 Å². The zero-order chi connectivity index (χ0) is 18.2. The highest BCUT2D eigenvalue weighted by Crippen LogP contribution is 2.38. The van der Waals surface area contributed by atoms with Gasteiger partial charge in [0.2, 0.25) is 6.79 Å². The van der Waals surface area contributed by atoms with E-state index in [0.717, 1.165) is 18.9 Å². The van der Waals surface area contributed by atoms with Crippen molar-refractivity contribution < 1.29 is 28.7 Å². The van der Waals surface area contributed by atoms with E-state index in [1.54, 1.807) is 0 Å². The number of nitro groups is 1. The first-order valence-electron chi connectivity index (χ1n) is 7.70. The molecular formula is C16H18N2O7. The van der Waals surface area contributed by atoms with Crippen molar-refractivity contribution in [3.8, 4) is 11.5 Å². The summed E-state index contributed by atoms with van der Waals surface area (Å²) >= 11 is 0. The van der Waals surface area contributed by atoms with E-state index in [2.05, 4.69) is 5.32 Å². The molecule has 0 bridgehead atoms. The van der Waals surface area contributed by atoms with E-state index in [1.807, 2.05) is 6.92 Å². The molecule has 1 aliphatic rings. The van der Waals surface area contributed by atoms with Gasteiger partial charge in [0.25, 0.3) is 11.6 Å². The largest absolute Gasteiger partial charge is 0.454 e. The summed E-state index contributed by atoms with van der Waals surface area (Å²) in [6, 6.07) is 2.64. The van der Waals surface area contributed by atoms with Gasteiger partial charge in [0, 0.05) is 12.6 Å². The molecule has 2 rings (SSSR count). The molecule has 0 aromatic heterocycles. The maximum atomic E-state index is 11.7. The van der Waals surface area contributed by atoms with E-state index < -0.39 is 23.4 Å². The number of fused-ring (bicyclic) bond motifs is 1. The van der Waals surface area contributed by atoms with Crippen LogP contribution in [0.15, 0.2) is 18.2 Å². The van der Waals surface area contributed by atoms with E-state index in [1.165, 1.54) is 18.2 Å². The number of rotatable bonds is 8. The minimum absolute atomic E-state index is 0.0190. The monoisotopic (exact) mass is 350 g/mol. The van der Waals surface area contributed by atoms with Crippen molar-refractivity contribution in [1.82, 2.24) is 5.32 Å². The van der Waals surface area contributed by atoms with Crippen LogP contribution in [0.1, 0.15) is 25.3 Å². The lowest BCUT2D eigenvalue weighted by Gasteiger charge is -2.04. The molecule has 1 aromatic carbocycles. The third-order valence-electron chi connectivity index (χ3n) is 3.32. The molecule has 0 atom stereocenters. The number of carbonyl (C=O) groups is 2. The maximum Gasteiger partial charge on any atom is 0.331 e. The zero-order valence-corrected chi connectivity index (χ0v) is 13.6. The normalized spacial score (nSPS) is 12.2. The lowest BCUT2D eigenvalue weighted by atomic mass is 10.1. The number of nitrogens with zero attached hydrogens (tertiary/aromatic N) is 1. The summed E-state index contributed by atoms with van der Waals surface area (Å²) in [6.45, 7) is 2.09. The van der Waals surface area contributed by atoms with E-state index in [-0.39, 0.29) is 23.8 Å². The fraction of sp³-hybridized carbons (Fsp3) is 0.375. The third-order valence-corrected chi connectivity index (χ3v) is 3.32. The van der Waals surface area contributed by atoms with E-state index in [9.17, 15) is 19.7 Å². The number of benzene rings is 1. The summed E-state index contributed by atoms with van der Waals surface area (Å²) in [4.78, 5) is 33.6. The first-order valence-corrected chi connectivity index (χ1v) is 7.70. The zero-order valence-electron chi connectivity index (χ0n) is 13.6. The number of unbranched alkanes of at least 4 members (excludes halogenated alkanes) is 1. The van der Waals surface area contributed by atoms with Crippen LogP contribution in [0.4, 0.5) is 5.69 Å². The molecule has 0 saturated heterocycles. The summed E-state index contributed by atoms with van der Waals surface area (Å²) in [5, 5.41) is 13.7. The van der Waals surface area contributed by atoms with Gasteiger partial charge in [0.1, 0.15) is 0 Å². The molecule has 0 spiro atoms. The Morgan fingerprint density at radius 1 is 1.36 bits per heavy atom. The standard InChI is InChI=1S/C16H18N2O7/c1-2-3-6-17-15(19)9-23-16(20)5-4-11-7-13-14(25-10-24-13)8-12(11)18(21)22/h4-5,7-8H,2-3,6,9-10H2,1H3,(H,17,19)/b5-4+. The molecule has 1 aliphatic heterocycles. The fourth-order valence-electron chi connectivity index (χ4n) is 2.04. The minimum Gasteiger partial charge on any atom is -0.454 e. The first-order chi connectivity index (χ1) is 12.0. The van der Waals surface area contributed by atoms with Gasteiger partial charge in [-0.25, -0.2) is 4.79 Å². The Labute approximate surface area is 143 Å². The van der Waals surface area contributed by atoms with Crippen LogP contribution in [0.5, 0.6) is 11.5 Å². The fourth-order valence-corrected chi connectivity index (χ4v) is 2.04. The van der Waals surface area contributed by atoms with Crippen molar-refractivity contribution in [3.63, 3.8) is 0 Å². The van der Waals surface area contributed by atoms with Gasteiger partial charge >= 0.3 is 5.97 Å². The molecule has 1 amide bonds. The predicted molar refractivity (Wildman–Crippen MR) is 87.1 cm³/mol. The Morgan fingerprint density at radius 3 is 2.76 bits per heavy atom. The number of hydrogen-bond donors (Lipinski definition) is 1. The van der Waals surface area contributed by atoms with E-state index in [4.69, 9.17) is 14.2 Å². The van der Waals surface area contributed by atoms with Gasteiger partial charge in [0.05, 0.1) is 16.6 Å². The van der Waals surface area contributed by atoms with Crippen LogP contribution in [0.25, 0.3) is 6.08 Å². The number of nitro benzene ring substituents is 1. The Bertz CT molecular complexity index is 700. The van der Waals surface area contributed by atoms with Crippen LogP contribution < -0.4 is 14.8 Å². The Balaban J connectivity index is 1.95. The van der Waals surface area contributed by atoms with Crippen molar-refractivity contribution in [2.75, 3.05) is 19.9 Å². The van der Waals surface area contributed by atoms with Crippen LogP contribution >= 0.6 is 0 Å². The second-order valence-electron chi connectivity index (χ2n) is 5.17. The first kappa shape index (κ1) is 18.2. The lowest BCUT2D eigenvalue weighted by Crippen LogP contribution is -2.29. The summed E-state index contributed by atoms with van der Waals surface area (Å²) < 4.78 is 15.0. The Hall–Kier alpha value is -3.10. The molecule has 0 fully saturated rings. The molecule has 1 N–H and O–H groups in total. The van der Waals surface area contributed by atoms with Crippen molar-refractivity contribution in [2.45, 2.75) is 19.8 Å². The molecule has 9 heteroatoms. The second-order valence-corrected chi connectivity index (χ2v) is 5.17. The number of hydrogen-bond acceptors (Lipinski definition) is 7. The van der Waals surface area contributed by atoms with Gasteiger partial charge in [0.15, 0.2) is 18.1 Å². The van der Waals surface area contributed by atoms with E-state index >= 15 is 0 Å². The highest BCUT2D eigenvalue weighted by atomic mass is 16.7. The Kier molecular flexibility index (Phi) is 6.33. The quantitative estimate of drug-likeness (QED) is 0.250. The summed E-state index contributed by atoms with van der Waals surface area (Å²) in [7, 11) is 0. The molecule has 9 nitrogen and oxygen atoms in total. The van der Waals surface area contributed by atoms with Gasteiger partial charge < -0.3 is 19.5 Å². The number of esters is 1. The molecule has 1 aromatic rings. The minimum atomic E-state index is -0.780. The summed E-state index contributed by atoms with van der Waals surface area (Å²) in [6.07, 6.45) is 4.03.